The van der Waals surface area contributed by atoms with E-state index in [-0.39, 0.29) is 5.91 Å². The summed E-state index contributed by atoms with van der Waals surface area (Å²) >= 11 is 1.86. The van der Waals surface area contributed by atoms with E-state index >= 15 is 0 Å². The van der Waals surface area contributed by atoms with E-state index in [0.717, 1.165) is 17.8 Å². The number of amides is 1. The lowest BCUT2D eigenvalue weighted by atomic mass is 10.2. The summed E-state index contributed by atoms with van der Waals surface area (Å²) in [5, 5.41) is 3.46. The van der Waals surface area contributed by atoms with Gasteiger partial charge in [0.05, 0.1) is 26.5 Å². The van der Waals surface area contributed by atoms with Gasteiger partial charge in [-0.25, -0.2) is 0 Å². The van der Waals surface area contributed by atoms with Crippen molar-refractivity contribution in [3.05, 3.63) is 48.0 Å². The van der Waals surface area contributed by atoms with E-state index < -0.39 is 0 Å². The van der Waals surface area contributed by atoms with E-state index in [1.54, 1.807) is 14.2 Å². The minimum Gasteiger partial charge on any atom is -0.493 e. The van der Waals surface area contributed by atoms with Crippen molar-refractivity contribution in [3.8, 4) is 11.5 Å². The molecule has 0 bridgehead atoms. The third-order valence-corrected chi connectivity index (χ3v) is 5.43. The standard InChI is InChI=1S/C20H24N2O3S/c1-14-12-22(16-6-4-5-7-19(16)26-14)13-20(23)21-11-15-8-9-17(24-2)18(10-15)25-3/h4-10,14H,11-13H2,1-3H3,(H,21,23). The number of benzene rings is 2. The number of ether oxygens (including phenoxy) is 2. The fraction of sp³-hybridized carbons (Fsp3) is 0.350. The molecule has 1 atom stereocenters. The first-order valence-corrected chi connectivity index (χ1v) is 9.47. The van der Waals surface area contributed by atoms with Crippen molar-refractivity contribution in [1.29, 1.82) is 0 Å². The molecule has 1 amide bonds. The zero-order valence-electron chi connectivity index (χ0n) is 15.3. The summed E-state index contributed by atoms with van der Waals surface area (Å²) in [5.74, 6) is 1.35. The molecule has 0 spiro atoms. The number of hydrogen-bond acceptors (Lipinski definition) is 5. The number of hydrogen-bond donors (Lipinski definition) is 1. The predicted octanol–water partition coefficient (Wildman–Crippen LogP) is 3.32. The van der Waals surface area contributed by atoms with E-state index in [1.807, 2.05) is 42.1 Å². The number of rotatable bonds is 6. The van der Waals surface area contributed by atoms with Crippen LogP contribution in [0.2, 0.25) is 0 Å². The lowest BCUT2D eigenvalue weighted by molar-refractivity contribution is -0.119. The van der Waals surface area contributed by atoms with Crippen molar-refractivity contribution < 1.29 is 14.3 Å². The number of nitrogens with zero attached hydrogens (tertiary/aromatic N) is 1. The Morgan fingerprint density at radius 3 is 2.73 bits per heavy atom. The van der Waals surface area contributed by atoms with Crippen molar-refractivity contribution in [2.45, 2.75) is 23.6 Å². The maximum Gasteiger partial charge on any atom is 0.239 e. The molecule has 1 heterocycles. The van der Waals surface area contributed by atoms with Crippen molar-refractivity contribution in [2.24, 2.45) is 0 Å². The molecular weight excluding hydrogens is 348 g/mol. The van der Waals surface area contributed by atoms with Crippen LogP contribution in [0.4, 0.5) is 5.69 Å². The van der Waals surface area contributed by atoms with Gasteiger partial charge in [0.2, 0.25) is 5.91 Å². The van der Waals surface area contributed by atoms with Gasteiger partial charge in [0.1, 0.15) is 0 Å². The molecule has 1 aliphatic rings. The van der Waals surface area contributed by atoms with Crippen molar-refractivity contribution >= 4 is 23.4 Å². The van der Waals surface area contributed by atoms with Crippen LogP contribution in [0.25, 0.3) is 0 Å². The Labute approximate surface area is 158 Å². The van der Waals surface area contributed by atoms with E-state index in [4.69, 9.17) is 9.47 Å². The summed E-state index contributed by atoms with van der Waals surface area (Å²) in [4.78, 5) is 15.9. The van der Waals surface area contributed by atoms with Crippen LogP contribution in [0, 0.1) is 0 Å². The minimum atomic E-state index is 0.00804. The summed E-state index contributed by atoms with van der Waals surface area (Å²) in [7, 11) is 3.21. The number of thioether (sulfide) groups is 1. The predicted molar refractivity (Wildman–Crippen MR) is 105 cm³/mol. The maximum absolute atomic E-state index is 12.5. The van der Waals surface area contributed by atoms with Crippen molar-refractivity contribution in [3.63, 3.8) is 0 Å². The number of carbonyl (C=O) groups excluding carboxylic acids is 1. The van der Waals surface area contributed by atoms with Gasteiger partial charge in [-0.3, -0.25) is 4.79 Å². The van der Waals surface area contributed by atoms with Crippen LogP contribution < -0.4 is 19.7 Å². The normalized spacial score (nSPS) is 16.0. The molecule has 0 fully saturated rings. The third-order valence-electron chi connectivity index (χ3n) is 4.28. The molecule has 26 heavy (non-hydrogen) atoms. The molecule has 2 aromatic carbocycles. The average molecular weight is 372 g/mol. The molecule has 0 aromatic heterocycles. The van der Waals surface area contributed by atoms with Gasteiger partial charge in [-0.15, -0.1) is 11.8 Å². The first kappa shape index (κ1) is 18.5. The molecule has 1 unspecified atom stereocenters. The van der Waals surface area contributed by atoms with Gasteiger partial charge in [-0.1, -0.05) is 25.1 Å². The topological polar surface area (TPSA) is 50.8 Å². The number of methoxy groups -OCH3 is 2. The fourth-order valence-electron chi connectivity index (χ4n) is 3.05. The molecule has 6 heteroatoms. The number of para-hydroxylation sites is 1. The van der Waals surface area contributed by atoms with Crippen LogP contribution >= 0.6 is 11.8 Å². The molecule has 5 nitrogen and oxygen atoms in total. The van der Waals surface area contributed by atoms with Gasteiger partial charge in [0.25, 0.3) is 0 Å². The highest BCUT2D eigenvalue weighted by Gasteiger charge is 2.23. The van der Waals surface area contributed by atoms with Gasteiger partial charge < -0.3 is 19.7 Å². The second-order valence-electron chi connectivity index (χ2n) is 6.24. The molecule has 0 radical (unpaired) electrons. The molecule has 0 saturated heterocycles. The highest BCUT2D eigenvalue weighted by atomic mass is 32.2. The average Bonchev–Trinajstić information content (AvgIpc) is 2.66. The molecule has 1 N–H and O–H groups in total. The molecule has 2 aromatic rings. The second-order valence-corrected chi connectivity index (χ2v) is 7.72. The van der Waals surface area contributed by atoms with Crippen LogP contribution in [0.3, 0.4) is 0 Å². The van der Waals surface area contributed by atoms with Crippen LogP contribution in [-0.2, 0) is 11.3 Å². The third kappa shape index (κ3) is 4.25. The molecule has 0 saturated carbocycles. The van der Waals surface area contributed by atoms with E-state index in [9.17, 15) is 4.79 Å². The van der Waals surface area contributed by atoms with Crippen LogP contribution in [-0.4, -0.2) is 38.5 Å². The van der Waals surface area contributed by atoms with Crippen LogP contribution in [0.1, 0.15) is 12.5 Å². The number of anilines is 1. The van der Waals surface area contributed by atoms with Gasteiger partial charge in [-0.05, 0) is 29.8 Å². The summed E-state index contributed by atoms with van der Waals surface area (Å²) < 4.78 is 10.5. The monoisotopic (exact) mass is 372 g/mol. The Balaban J connectivity index is 1.61. The molecule has 138 valence electrons. The lowest BCUT2D eigenvalue weighted by Gasteiger charge is -2.33. The van der Waals surface area contributed by atoms with E-state index in [0.29, 0.717) is 29.8 Å². The van der Waals surface area contributed by atoms with Crippen LogP contribution in [0.15, 0.2) is 47.4 Å². The summed E-state index contributed by atoms with van der Waals surface area (Å²) in [5.41, 5.74) is 2.11. The Hall–Kier alpha value is -2.34. The Morgan fingerprint density at radius 1 is 1.19 bits per heavy atom. The first-order chi connectivity index (χ1) is 12.6. The highest BCUT2D eigenvalue weighted by molar-refractivity contribution is 8.00. The minimum absolute atomic E-state index is 0.00804. The smallest absolute Gasteiger partial charge is 0.239 e. The van der Waals surface area contributed by atoms with Gasteiger partial charge in [-0.2, -0.15) is 0 Å². The molecule has 1 aliphatic heterocycles. The number of carbonyl (C=O) groups is 1. The second kappa shape index (κ2) is 8.36. The van der Waals surface area contributed by atoms with E-state index in [2.05, 4.69) is 29.3 Å². The van der Waals surface area contributed by atoms with Crippen molar-refractivity contribution in [2.75, 3.05) is 32.2 Å². The maximum atomic E-state index is 12.5. The van der Waals surface area contributed by atoms with Gasteiger partial charge >= 0.3 is 0 Å². The Kier molecular flexibility index (Phi) is 5.93. The summed E-state index contributed by atoms with van der Waals surface area (Å²) in [6.45, 7) is 3.87. The Bertz CT molecular complexity index is 781. The molecule has 3 rings (SSSR count). The van der Waals surface area contributed by atoms with Gasteiger partial charge in [0, 0.05) is 23.2 Å². The Morgan fingerprint density at radius 2 is 1.96 bits per heavy atom. The lowest BCUT2D eigenvalue weighted by Crippen LogP contribution is -2.41. The SMILES string of the molecule is COc1ccc(CNC(=O)CN2CC(C)Sc3ccccc32)cc1OC. The highest BCUT2D eigenvalue weighted by Crippen LogP contribution is 2.37. The summed E-state index contributed by atoms with van der Waals surface area (Å²) in [6, 6.07) is 13.9. The fourth-order valence-corrected chi connectivity index (χ4v) is 4.21. The first-order valence-electron chi connectivity index (χ1n) is 8.59. The molecule has 0 aliphatic carbocycles. The number of nitrogens with one attached hydrogen (secondary N) is 1. The molecular formula is C20H24N2O3S. The van der Waals surface area contributed by atoms with Crippen LogP contribution in [0.5, 0.6) is 11.5 Å². The zero-order chi connectivity index (χ0) is 18.5. The van der Waals surface area contributed by atoms with E-state index in [1.165, 1.54) is 4.90 Å². The number of fused-ring (bicyclic) bond motifs is 1. The summed E-state index contributed by atoms with van der Waals surface area (Å²) in [6.07, 6.45) is 0. The largest absolute Gasteiger partial charge is 0.493 e. The quantitative estimate of drug-likeness (QED) is 0.843. The van der Waals surface area contributed by atoms with Crippen molar-refractivity contribution in [1.82, 2.24) is 5.32 Å². The zero-order valence-corrected chi connectivity index (χ0v) is 16.1. The van der Waals surface area contributed by atoms with Gasteiger partial charge in [0.15, 0.2) is 11.5 Å².